The molecular weight excluding hydrogens is 319 g/mol. The SMILES string of the molecule is NC(=O)c1cccc(CNC(=O)C2(c3cccc(F)c3)CCCC2)c1. The van der Waals surface area contributed by atoms with E-state index in [1.165, 1.54) is 12.1 Å². The van der Waals surface area contributed by atoms with Gasteiger partial charge < -0.3 is 11.1 Å². The van der Waals surface area contributed by atoms with Gasteiger partial charge >= 0.3 is 0 Å². The summed E-state index contributed by atoms with van der Waals surface area (Å²) in [7, 11) is 0. The van der Waals surface area contributed by atoms with Crippen molar-refractivity contribution in [1.82, 2.24) is 5.32 Å². The quantitative estimate of drug-likeness (QED) is 0.878. The molecule has 2 aromatic rings. The third-order valence-corrected chi connectivity index (χ3v) is 4.93. The van der Waals surface area contributed by atoms with Crippen molar-refractivity contribution in [2.24, 2.45) is 5.73 Å². The Hall–Kier alpha value is -2.69. The molecule has 25 heavy (non-hydrogen) atoms. The Morgan fingerprint density at radius 3 is 2.48 bits per heavy atom. The largest absolute Gasteiger partial charge is 0.366 e. The summed E-state index contributed by atoms with van der Waals surface area (Å²) in [5, 5.41) is 2.95. The van der Waals surface area contributed by atoms with E-state index in [4.69, 9.17) is 5.73 Å². The predicted molar refractivity (Wildman–Crippen MR) is 93.4 cm³/mol. The number of halogens is 1. The van der Waals surface area contributed by atoms with E-state index in [9.17, 15) is 14.0 Å². The molecule has 0 aliphatic heterocycles. The standard InChI is InChI=1S/C20H21FN2O2/c21-17-8-4-7-16(12-17)20(9-1-2-10-20)19(25)23-13-14-5-3-6-15(11-14)18(22)24/h3-8,11-12H,1-2,9-10,13H2,(H2,22,24)(H,23,25). The molecule has 3 rings (SSSR count). The van der Waals surface area contributed by atoms with Crippen LogP contribution in [-0.2, 0) is 16.8 Å². The molecule has 130 valence electrons. The van der Waals surface area contributed by atoms with Crippen molar-refractivity contribution < 1.29 is 14.0 Å². The molecule has 0 unspecified atom stereocenters. The van der Waals surface area contributed by atoms with Gasteiger partial charge in [-0.2, -0.15) is 0 Å². The first-order valence-corrected chi connectivity index (χ1v) is 8.44. The molecule has 2 aromatic carbocycles. The lowest BCUT2D eigenvalue weighted by molar-refractivity contribution is -0.126. The Morgan fingerprint density at radius 1 is 1.08 bits per heavy atom. The number of nitrogens with one attached hydrogen (secondary N) is 1. The van der Waals surface area contributed by atoms with Gasteiger partial charge in [-0.25, -0.2) is 4.39 Å². The summed E-state index contributed by atoms with van der Waals surface area (Å²) >= 11 is 0. The lowest BCUT2D eigenvalue weighted by Crippen LogP contribution is -2.42. The molecule has 0 heterocycles. The molecule has 3 N–H and O–H groups in total. The number of rotatable bonds is 5. The second-order valence-electron chi connectivity index (χ2n) is 6.55. The van der Waals surface area contributed by atoms with Gasteiger partial charge in [-0.05, 0) is 48.2 Å². The number of hydrogen-bond donors (Lipinski definition) is 2. The Balaban J connectivity index is 1.78. The fourth-order valence-corrected chi connectivity index (χ4v) is 3.60. The zero-order valence-corrected chi connectivity index (χ0v) is 13.9. The highest BCUT2D eigenvalue weighted by molar-refractivity contribution is 5.93. The second-order valence-corrected chi connectivity index (χ2v) is 6.55. The van der Waals surface area contributed by atoms with E-state index < -0.39 is 11.3 Å². The van der Waals surface area contributed by atoms with Crippen LogP contribution in [0.3, 0.4) is 0 Å². The molecule has 0 bridgehead atoms. The van der Waals surface area contributed by atoms with Crippen LogP contribution in [0.15, 0.2) is 48.5 Å². The van der Waals surface area contributed by atoms with E-state index in [1.54, 1.807) is 24.3 Å². The molecule has 2 amide bonds. The molecule has 5 heteroatoms. The Bertz CT molecular complexity index is 798. The van der Waals surface area contributed by atoms with Gasteiger partial charge in [0.05, 0.1) is 5.41 Å². The van der Waals surface area contributed by atoms with Gasteiger partial charge in [0.15, 0.2) is 0 Å². The first-order chi connectivity index (χ1) is 12.0. The number of nitrogens with two attached hydrogens (primary N) is 1. The van der Waals surface area contributed by atoms with Crippen LogP contribution in [0.25, 0.3) is 0 Å². The molecule has 1 aliphatic carbocycles. The monoisotopic (exact) mass is 340 g/mol. The molecule has 1 saturated carbocycles. The van der Waals surface area contributed by atoms with Gasteiger partial charge in [0.25, 0.3) is 0 Å². The van der Waals surface area contributed by atoms with Crippen molar-refractivity contribution in [2.45, 2.75) is 37.6 Å². The normalized spacial score (nSPS) is 15.7. The first-order valence-electron chi connectivity index (χ1n) is 8.44. The number of primary amides is 1. The van der Waals surface area contributed by atoms with Crippen molar-refractivity contribution in [3.05, 3.63) is 71.0 Å². The first kappa shape index (κ1) is 17.1. The van der Waals surface area contributed by atoms with E-state index in [1.807, 2.05) is 12.1 Å². The maximum atomic E-state index is 13.6. The molecule has 0 spiro atoms. The van der Waals surface area contributed by atoms with Crippen LogP contribution in [-0.4, -0.2) is 11.8 Å². The number of hydrogen-bond acceptors (Lipinski definition) is 2. The van der Waals surface area contributed by atoms with Crippen LogP contribution < -0.4 is 11.1 Å². The summed E-state index contributed by atoms with van der Waals surface area (Å²) in [5.74, 6) is -0.925. The third-order valence-electron chi connectivity index (χ3n) is 4.93. The van der Waals surface area contributed by atoms with E-state index in [0.29, 0.717) is 24.9 Å². The summed E-state index contributed by atoms with van der Waals surface area (Å²) in [4.78, 5) is 24.2. The fourth-order valence-electron chi connectivity index (χ4n) is 3.60. The molecule has 1 fully saturated rings. The van der Waals surface area contributed by atoms with E-state index in [2.05, 4.69) is 5.32 Å². The summed E-state index contributed by atoms with van der Waals surface area (Å²) < 4.78 is 13.6. The number of benzene rings is 2. The lowest BCUT2D eigenvalue weighted by Gasteiger charge is -2.28. The Labute approximate surface area is 146 Å². The number of carbonyl (C=O) groups excluding carboxylic acids is 2. The highest BCUT2D eigenvalue weighted by Gasteiger charge is 2.42. The molecular formula is C20H21FN2O2. The van der Waals surface area contributed by atoms with Gasteiger partial charge in [0, 0.05) is 12.1 Å². The summed E-state index contributed by atoms with van der Waals surface area (Å²) in [6.45, 7) is 0.303. The van der Waals surface area contributed by atoms with Crippen LogP contribution >= 0.6 is 0 Å². The third kappa shape index (κ3) is 3.55. The molecule has 0 radical (unpaired) electrons. The average Bonchev–Trinajstić information content (AvgIpc) is 3.11. The number of carbonyl (C=O) groups is 2. The van der Waals surface area contributed by atoms with Crippen LogP contribution in [0.1, 0.15) is 47.2 Å². The van der Waals surface area contributed by atoms with Crippen LogP contribution in [0.2, 0.25) is 0 Å². The van der Waals surface area contributed by atoms with Crippen molar-refractivity contribution in [2.75, 3.05) is 0 Å². The molecule has 4 nitrogen and oxygen atoms in total. The van der Waals surface area contributed by atoms with Gasteiger partial charge in [-0.1, -0.05) is 37.1 Å². The number of amides is 2. The summed E-state index contributed by atoms with van der Waals surface area (Å²) in [5.41, 5.74) is 6.55. The highest BCUT2D eigenvalue weighted by Crippen LogP contribution is 2.41. The minimum Gasteiger partial charge on any atom is -0.366 e. The topological polar surface area (TPSA) is 72.2 Å². The van der Waals surface area contributed by atoms with Crippen LogP contribution in [0, 0.1) is 5.82 Å². The van der Waals surface area contributed by atoms with E-state index in [-0.39, 0.29) is 11.7 Å². The van der Waals surface area contributed by atoms with Crippen molar-refractivity contribution in [3.63, 3.8) is 0 Å². The van der Waals surface area contributed by atoms with Crippen LogP contribution in [0.5, 0.6) is 0 Å². The summed E-state index contributed by atoms with van der Waals surface area (Å²) in [6, 6.07) is 13.2. The maximum absolute atomic E-state index is 13.6. The zero-order valence-electron chi connectivity index (χ0n) is 13.9. The van der Waals surface area contributed by atoms with Crippen molar-refractivity contribution in [3.8, 4) is 0 Å². The van der Waals surface area contributed by atoms with Gasteiger partial charge in [-0.3, -0.25) is 9.59 Å². The van der Waals surface area contributed by atoms with E-state index in [0.717, 1.165) is 24.0 Å². The molecule has 0 aromatic heterocycles. The van der Waals surface area contributed by atoms with Gasteiger partial charge in [0.1, 0.15) is 5.82 Å². The minimum absolute atomic E-state index is 0.0971. The molecule has 1 aliphatic rings. The average molecular weight is 340 g/mol. The smallest absolute Gasteiger partial charge is 0.248 e. The predicted octanol–water partition coefficient (Wildman–Crippen LogP) is 3.05. The lowest BCUT2D eigenvalue weighted by atomic mass is 9.78. The van der Waals surface area contributed by atoms with Gasteiger partial charge in [-0.15, -0.1) is 0 Å². The second kappa shape index (κ2) is 7.05. The molecule has 0 saturated heterocycles. The maximum Gasteiger partial charge on any atom is 0.248 e. The highest BCUT2D eigenvalue weighted by atomic mass is 19.1. The Kier molecular flexibility index (Phi) is 4.83. The fraction of sp³-hybridized carbons (Fsp3) is 0.300. The minimum atomic E-state index is -0.677. The van der Waals surface area contributed by atoms with Gasteiger partial charge in [0.2, 0.25) is 11.8 Å². The van der Waals surface area contributed by atoms with E-state index >= 15 is 0 Å². The van der Waals surface area contributed by atoms with Crippen molar-refractivity contribution in [1.29, 1.82) is 0 Å². The Morgan fingerprint density at radius 2 is 1.80 bits per heavy atom. The van der Waals surface area contributed by atoms with Crippen LogP contribution in [0.4, 0.5) is 4.39 Å². The molecule has 0 atom stereocenters. The zero-order chi connectivity index (χ0) is 17.9. The summed E-state index contributed by atoms with van der Waals surface area (Å²) in [6.07, 6.45) is 3.31. The van der Waals surface area contributed by atoms with Crippen molar-refractivity contribution >= 4 is 11.8 Å².